The van der Waals surface area contributed by atoms with E-state index in [1.165, 1.54) is 12.0 Å². The summed E-state index contributed by atoms with van der Waals surface area (Å²) < 4.78 is 5.03. The Hall–Kier alpha value is -1.55. The number of carbonyl (C=O) groups excluding carboxylic acids is 1. The first kappa shape index (κ1) is 15.5. The van der Waals surface area contributed by atoms with Crippen molar-refractivity contribution in [3.8, 4) is 0 Å². The number of ether oxygens (including phenoxy) is 1. The molecule has 1 aromatic rings. The molecule has 0 fully saturated rings. The molecule has 19 heavy (non-hydrogen) atoms. The van der Waals surface area contributed by atoms with E-state index < -0.39 is 0 Å². The van der Waals surface area contributed by atoms with Gasteiger partial charge in [-0.15, -0.1) is 0 Å². The summed E-state index contributed by atoms with van der Waals surface area (Å²) >= 11 is 0. The zero-order valence-electron chi connectivity index (χ0n) is 11.9. The summed E-state index contributed by atoms with van der Waals surface area (Å²) in [6.45, 7) is 3.36. The maximum absolute atomic E-state index is 11.4. The molecule has 0 saturated carbocycles. The third-order valence-corrected chi connectivity index (χ3v) is 2.84. The summed E-state index contributed by atoms with van der Waals surface area (Å²) in [6.07, 6.45) is 4.46. The summed E-state index contributed by atoms with van der Waals surface area (Å²) in [4.78, 5) is 11.4. The minimum absolute atomic E-state index is 0.153. The molecule has 0 bridgehead atoms. The third kappa shape index (κ3) is 6.82. The molecule has 0 spiro atoms. The van der Waals surface area contributed by atoms with Crippen LogP contribution in [0.1, 0.15) is 31.7 Å². The molecule has 0 aliphatic carbocycles. The number of nitrogens with one attached hydrogen (secondary N) is 2. The van der Waals surface area contributed by atoms with Gasteiger partial charge in [-0.3, -0.25) is 0 Å². The number of benzene rings is 1. The lowest BCUT2D eigenvalue weighted by atomic mass is 10.1. The maximum Gasteiger partial charge on any atom is 0.319 e. The Morgan fingerprint density at radius 1 is 1.26 bits per heavy atom. The normalized spacial score (nSPS) is 10.2. The van der Waals surface area contributed by atoms with Gasteiger partial charge in [-0.25, -0.2) is 4.79 Å². The Bertz CT molecular complexity index is 380. The van der Waals surface area contributed by atoms with E-state index in [9.17, 15) is 4.79 Å². The van der Waals surface area contributed by atoms with Gasteiger partial charge in [-0.05, 0) is 43.9 Å². The third-order valence-electron chi connectivity index (χ3n) is 2.84. The fraction of sp³-hybridized carbons (Fsp3) is 0.533. The molecule has 0 aliphatic heterocycles. The standard InChI is InChI=1S/C15H24N2O2/c1-3-16-15(18)17-14-10-7-9-13(12-14)8-5-4-6-11-19-2/h7,9-10,12H,3-6,8,11H2,1-2H3,(H2,16,17,18). The second-order valence-corrected chi connectivity index (χ2v) is 4.49. The number of urea groups is 1. The number of aryl methyl sites for hydroxylation is 1. The van der Waals surface area contributed by atoms with Crippen molar-refractivity contribution in [3.05, 3.63) is 29.8 Å². The summed E-state index contributed by atoms with van der Waals surface area (Å²) in [7, 11) is 1.73. The topological polar surface area (TPSA) is 50.4 Å². The number of anilines is 1. The van der Waals surface area contributed by atoms with Crippen molar-refractivity contribution in [1.82, 2.24) is 5.32 Å². The molecule has 0 aliphatic rings. The van der Waals surface area contributed by atoms with Crippen molar-refractivity contribution in [2.24, 2.45) is 0 Å². The largest absolute Gasteiger partial charge is 0.385 e. The molecular weight excluding hydrogens is 240 g/mol. The highest BCUT2D eigenvalue weighted by molar-refractivity contribution is 5.89. The number of amides is 2. The van der Waals surface area contributed by atoms with Crippen molar-refractivity contribution in [1.29, 1.82) is 0 Å². The minimum Gasteiger partial charge on any atom is -0.385 e. The zero-order valence-corrected chi connectivity index (χ0v) is 11.9. The minimum atomic E-state index is -0.153. The van der Waals surface area contributed by atoms with Gasteiger partial charge >= 0.3 is 6.03 Å². The zero-order chi connectivity index (χ0) is 13.9. The molecule has 1 rings (SSSR count). The van der Waals surface area contributed by atoms with Crippen LogP contribution in [-0.4, -0.2) is 26.3 Å². The van der Waals surface area contributed by atoms with Gasteiger partial charge in [0, 0.05) is 25.9 Å². The van der Waals surface area contributed by atoms with Crippen molar-refractivity contribution < 1.29 is 9.53 Å². The van der Waals surface area contributed by atoms with Gasteiger partial charge in [0.1, 0.15) is 0 Å². The van der Waals surface area contributed by atoms with E-state index in [4.69, 9.17) is 4.74 Å². The molecule has 0 heterocycles. The van der Waals surface area contributed by atoms with Gasteiger partial charge in [-0.1, -0.05) is 18.6 Å². The Morgan fingerprint density at radius 2 is 2.11 bits per heavy atom. The van der Waals surface area contributed by atoms with Crippen molar-refractivity contribution >= 4 is 11.7 Å². The van der Waals surface area contributed by atoms with Crippen LogP contribution < -0.4 is 10.6 Å². The van der Waals surface area contributed by atoms with Crippen LogP contribution in [-0.2, 0) is 11.2 Å². The van der Waals surface area contributed by atoms with Gasteiger partial charge in [0.05, 0.1) is 0 Å². The van der Waals surface area contributed by atoms with E-state index >= 15 is 0 Å². The van der Waals surface area contributed by atoms with Gasteiger partial charge < -0.3 is 15.4 Å². The molecule has 2 amide bonds. The van der Waals surface area contributed by atoms with Gasteiger partial charge in [0.2, 0.25) is 0 Å². The monoisotopic (exact) mass is 264 g/mol. The summed E-state index contributed by atoms with van der Waals surface area (Å²) in [5.74, 6) is 0. The first-order valence-corrected chi connectivity index (χ1v) is 6.89. The van der Waals surface area contributed by atoms with E-state index in [1.54, 1.807) is 7.11 Å². The molecule has 106 valence electrons. The van der Waals surface area contributed by atoms with E-state index in [-0.39, 0.29) is 6.03 Å². The highest BCUT2D eigenvalue weighted by Crippen LogP contribution is 2.13. The second-order valence-electron chi connectivity index (χ2n) is 4.49. The molecule has 1 aromatic carbocycles. The van der Waals surface area contributed by atoms with Crippen LogP contribution in [0.2, 0.25) is 0 Å². The number of carbonyl (C=O) groups is 1. The lowest BCUT2D eigenvalue weighted by Crippen LogP contribution is -2.28. The fourth-order valence-electron chi connectivity index (χ4n) is 1.89. The van der Waals surface area contributed by atoms with Crippen molar-refractivity contribution in [3.63, 3.8) is 0 Å². The molecule has 0 radical (unpaired) electrons. The second kappa shape index (κ2) is 9.39. The van der Waals surface area contributed by atoms with Crippen molar-refractivity contribution in [2.75, 3.05) is 25.6 Å². The number of rotatable bonds is 8. The van der Waals surface area contributed by atoms with Crippen LogP contribution in [0.3, 0.4) is 0 Å². The first-order chi connectivity index (χ1) is 9.26. The van der Waals surface area contributed by atoms with E-state index in [0.29, 0.717) is 6.54 Å². The van der Waals surface area contributed by atoms with Crippen LogP contribution in [0.25, 0.3) is 0 Å². The van der Waals surface area contributed by atoms with Crippen LogP contribution in [0.5, 0.6) is 0 Å². The van der Waals surface area contributed by atoms with E-state index in [0.717, 1.165) is 31.6 Å². The molecule has 4 heteroatoms. The Kier molecular flexibility index (Phi) is 7.66. The fourth-order valence-corrected chi connectivity index (χ4v) is 1.89. The first-order valence-electron chi connectivity index (χ1n) is 6.89. The molecule has 0 aromatic heterocycles. The summed E-state index contributed by atoms with van der Waals surface area (Å²) in [6, 6.07) is 7.86. The van der Waals surface area contributed by atoms with Crippen LogP contribution in [0.15, 0.2) is 24.3 Å². The predicted octanol–water partition coefficient (Wildman–Crippen LogP) is 3.19. The average molecular weight is 264 g/mol. The average Bonchev–Trinajstić information content (AvgIpc) is 2.39. The van der Waals surface area contributed by atoms with Gasteiger partial charge in [0.25, 0.3) is 0 Å². The lowest BCUT2D eigenvalue weighted by molar-refractivity contribution is 0.192. The number of hydrogen-bond donors (Lipinski definition) is 2. The SMILES string of the molecule is CCNC(=O)Nc1cccc(CCCCCOC)c1. The Morgan fingerprint density at radius 3 is 2.84 bits per heavy atom. The molecule has 2 N–H and O–H groups in total. The van der Waals surface area contributed by atoms with Gasteiger partial charge in [-0.2, -0.15) is 0 Å². The van der Waals surface area contributed by atoms with Crippen LogP contribution in [0.4, 0.5) is 10.5 Å². The molecule has 0 atom stereocenters. The number of unbranched alkanes of at least 4 members (excludes halogenated alkanes) is 2. The molecule has 4 nitrogen and oxygen atoms in total. The van der Waals surface area contributed by atoms with Crippen LogP contribution in [0, 0.1) is 0 Å². The molecular formula is C15H24N2O2. The maximum atomic E-state index is 11.4. The quantitative estimate of drug-likeness (QED) is 0.708. The van der Waals surface area contributed by atoms with Crippen LogP contribution >= 0.6 is 0 Å². The van der Waals surface area contributed by atoms with E-state index in [2.05, 4.69) is 16.7 Å². The van der Waals surface area contributed by atoms with Gasteiger partial charge in [0.15, 0.2) is 0 Å². The summed E-state index contributed by atoms with van der Waals surface area (Å²) in [5, 5.41) is 5.54. The van der Waals surface area contributed by atoms with E-state index in [1.807, 2.05) is 25.1 Å². The molecule has 0 unspecified atom stereocenters. The number of methoxy groups -OCH3 is 1. The smallest absolute Gasteiger partial charge is 0.319 e. The lowest BCUT2D eigenvalue weighted by Gasteiger charge is -2.08. The highest BCUT2D eigenvalue weighted by Gasteiger charge is 2.01. The van der Waals surface area contributed by atoms with Crippen molar-refractivity contribution in [2.45, 2.75) is 32.6 Å². The highest BCUT2D eigenvalue weighted by atomic mass is 16.5. The Balaban J connectivity index is 2.37. The number of hydrogen-bond acceptors (Lipinski definition) is 2. The molecule has 0 saturated heterocycles. The Labute approximate surface area is 115 Å². The summed E-state index contributed by atoms with van der Waals surface area (Å²) in [5.41, 5.74) is 2.10. The predicted molar refractivity (Wildman–Crippen MR) is 78.6 cm³/mol.